The van der Waals surface area contributed by atoms with E-state index in [9.17, 15) is 4.79 Å². The van der Waals surface area contributed by atoms with Crippen molar-refractivity contribution in [2.75, 3.05) is 18.4 Å². The molecule has 0 radical (unpaired) electrons. The first kappa shape index (κ1) is 12.2. The van der Waals surface area contributed by atoms with E-state index in [-0.39, 0.29) is 11.3 Å². The monoisotopic (exact) mass is 254 g/mol. The van der Waals surface area contributed by atoms with Crippen LogP contribution in [0, 0.1) is 5.41 Å². The Morgan fingerprint density at radius 2 is 2.00 bits per heavy atom. The topological polar surface area (TPSA) is 41.1 Å². The third kappa shape index (κ3) is 2.22. The van der Waals surface area contributed by atoms with Crippen molar-refractivity contribution in [1.82, 2.24) is 5.32 Å². The molecule has 2 aromatic carbocycles. The number of hydrogen-bond acceptors (Lipinski definition) is 2. The lowest BCUT2D eigenvalue weighted by Crippen LogP contribution is -2.35. The Labute approximate surface area is 113 Å². The minimum atomic E-state index is -0.295. The summed E-state index contributed by atoms with van der Waals surface area (Å²) in [6.45, 7) is 3.69. The molecular weight excluding hydrogens is 236 g/mol. The Bertz CT molecular complexity index is 610. The molecule has 1 saturated heterocycles. The fraction of sp³-hybridized carbons (Fsp3) is 0.312. The summed E-state index contributed by atoms with van der Waals surface area (Å²) < 4.78 is 0. The van der Waals surface area contributed by atoms with Crippen LogP contribution in [-0.2, 0) is 4.79 Å². The first-order valence-electron chi connectivity index (χ1n) is 6.69. The summed E-state index contributed by atoms with van der Waals surface area (Å²) in [5, 5.41) is 8.58. The second-order valence-electron chi connectivity index (χ2n) is 5.47. The molecule has 3 nitrogen and oxygen atoms in total. The standard InChI is InChI=1S/C16H18N2O/c1-16(9-10-17-11-16)15(19)18-14-8-4-6-12-5-2-3-7-13(12)14/h2-8,17H,9-11H2,1H3,(H,18,19). The number of anilines is 1. The Morgan fingerprint density at radius 3 is 2.79 bits per heavy atom. The molecule has 0 saturated carbocycles. The molecule has 98 valence electrons. The van der Waals surface area contributed by atoms with Gasteiger partial charge in [0.15, 0.2) is 0 Å². The molecule has 0 spiro atoms. The first-order valence-corrected chi connectivity index (χ1v) is 6.69. The van der Waals surface area contributed by atoms with E-state index < -0.39 is 0 Å². The predicted molar refractivity (Wildman–Crippen MR) is 78.2 cm³/mol. The lowest BCUT2D eigenvalue weighted by molar-refractivity contribution is -0.123. The summed E-state index contributed by atoms with van der Waals surface area (Å²) >= 11 is 0. The van der Waals surface area contributed by atoms with Crippen LogP contribution < -0.4 is 10.6 Å². The minimum absolute atomic E-state index is 0.105. The highest BCUT2D eigenvalue weighted by molar-refractivity contribution is 6.04. The molecule has 0 bridgehead atoms. The zero-order valence-electron chi connectivity index (χ0n) is 11.1. The highest BCUT2D eigenvalue weighted by atomic mass is 16.2. The zero-order valence-corrected chi connectivity index (χ0v) is 11.1. The number of carbonyl (C=O) groups excluding carboxylic acids is 1. The van der Waals surface area contributed by atoms with Crippen LogP contribution in [0.15, 0.2) is 42.5 Å². The van der Waals surface area contributed by atoms with Crippen molar-refractivity contribution in [3.05, 3.63) is 42.5 Å². The van der Waals surface area contributed by atoms with Gasteiger partial charge >= 0.3 is 0 Å². The predicted octanol–water partition coefficient (Wildman–Crippen LogP) is 2.78. The van der Waals surface area contributed by atoms with E-state index in [0.29, 0.717) is 0 Å². The molecule has 3 rings (SSSR count). The van der Waals surface area contributed by atoms with Crippen molar-refractivity contribution in [2.45, 2.75) is 13.3 Å². The van der Waals surface area contributed by atoms with E-state index in [4.69, 9.17) is 0 Å². The Morgan fingerprint density at radius 1 is 1.21 bits per heavy atom. The quantitative estimate of drug-likeness (QED) is 0.865. The Kier molecular flexibility index (Phi) is 2.99. The van der Waals surface area contributed by atoms with Gasteiger partial charge in [-0.15, -0.1) is 0 Å². The van der Waals surface area contributed by atoms with E-state index in [2.05, 4.69) is 22.8 Å². The highest BCUT2D eigenvalue weighted by Gasteiger charge is 2.36. The number of nitrogens with one attached hydrogen (secondary N) is 2. The first-order chi connectivity index (χ1) is 9.19. The molecule has 1 atom stereocenters. The lowest BCUT2D eigenvalue weighted by atomic mass is 9.88. The SMILES string of the molecule is CC1(C(=O)Nc2cccc3ccccc23)CCNC1. The molecule has 1 heterocycles. The van der Waals surface area contributed by atoms with Crippen molar-refractivity contribution in [3.63, 3.8) is 0 Å². The van der Waals surface area contributed by atoms with E-state index in [1.54, 1.807) is 0 Å². The van der Waals surface area contributed by atoms with Crippen LogP contribution in [0.25, 0.3) is 10.8 Å². The van der Waals surface area contributed by atoms with Gasteiger partial charge in [-0.2, -0.15) is 0 Å². The average molecular weight is 254 g/mol. The van der Waals surface area contributed by atoms with Gasteiger partial charge in [0, 0.05) is 17.6 Å². The maximum atomic E-state index is 12.4. The molecule has 0 aromatic heterocycles. The van der Waals surface area contributed by atoms with Crippen molar-refractivity contribution < 1.29 is 4.79 Å². The number of carbonyl (C=O) groups is 1. The van der Waals surface area contributed by atoms with E-state index in [0.717, 1.165) is 36.0 Å². The number of amides is 1. The van der Waals surface area contributed by atoms with E-state index >= 15 is 0 Å². The molecule has 3 heteroatoms. The van der Waals surface area contributed by atoms with Gasteiger partial charge in [0.1, 0.15) is 0 Å². The third-order valence-corrected chi connectivity index (χ3v) is 3.95. The average Bonchev–Trinajstić information content (AvgIpc) is 2.87. The maximum absolute atomic E-state index is 12.4. The van der Waals surface area contributed by atoms with Crippen LogP contribution in [-0.4, -0.2) is 19.0 Å². The second kappa shape index (κ2) is 4.67. The van der Waals surface area contributed by atoms with Gasteiger partial charge in [0.25, 0.3) is 0 Å². The van der Waals surface area contributed by atoms with Crippen LogP contribution in [0.3, 0.4) is 0 Å². The summed E-state index contributed by atoms with van der Waals surface area (Å²) in [5.74, 6) is 0.105. The molecule has 1 aliphatic heterocycles. The molecule has 2 aromatic rings. The summed E-state index contributed by atoms with van der Waals surface area (Å²) in [6, 6.07) is 14.1. The second-order valence-corrected chi connectivity index (χ2v) is 5.47. The molecular formula is C16H18N2O. The Balaban J connectivity index is 1.91. The summed E-state index contributed by atoms with van der Waals surface area (Å²) in [7, 11) is 0. The lowest BCUT2D eigenvalue weighted by Gasteiger charge is -2.22. The van der Waals surface area contributed by atoms with Gasteiger partial charge < -0.3 is 10.6 Å². The van der Waals surface area contributed by atoms with E-state index in [1.807, 2.05) is 37.3 Å². The van der Waals surface area contributed by atoms with Crippen LogP contribution in [0.4, 0.5) is 5.69 Å². The van der Waals surface area contributed by atoms with Crippen molar-refractivity contribution >= 4 is 22.4 Å². The van der Waals surface area contributed by atoms with Gasteiger partial charge in [-0.1, -0.05) is 36.4 Å². The van der Waals surface area contributed by atoms with Crippen molar-refractivity contribution in [3.8, 4) is 0 Å². The van der Waals surface area contributed by atoms with Gasteiger partial charge in [-0.25, -0.2) is 0 Å². The number of fused-ring (bicyclic) bond motifs is 1. The van der Waals surface area contributed by atoms with Crippen molar-refractivity contribution in [1.29, 1.82) is 0 Å². The molecule has 1 aliphatic rings. The fourth-order valence-electron chi connectivity index (χ4n) is 2.62. The molecule has 0 aliphatic carbocycles. The number of rotatable bonds is 2. The summed E-state index contributed by atoms with van der Waals surface area (Å²) in [6.07, 6.45) is 0.892. The van der Waals surface area contributed by atoms with Gasteiger partial charge in [0.05, 0.1) is 5.41 Å². The summed E-state index contributed by atoms with van der Waals surface area (Å²) in [4.78, 5) is 12.4. The highest BCUT2D eigenvalue weighted by Crippen LogP contribution is 2.29. The number of hydrogen-bond donors (Lipinski definition) is 2. The molecule has 2 N–H and O–H groups in total. The largest absolute Gasteiger partial charge is 0.325 e. The van der Waals surface area contributed by atoms with Gasteiger partial charge in [-0.05, 0) is 31.3 Å². The van der Waals surface area contributed by atoms with E-state index in [1.165, 1.54) is 0 Å². The van der Waals surface area contributed by atoms with Crippen LogP contribution in [0.1, 0.15) is 13.3 Å². The zero-order chi connectivity index (χ0) is 13.3. The van der Waals surface area contributed by atoms with Gasteiger partial charge in [0.2, 0.25) is 5.91 Å². The summed E-state index contributed by atoms with van der Waals surface area (Å²) in [5.41, 5.74) is 0.605. The molecule has 1 amide bonds. The Hall–Kier alpha value is -1.87. The number of benzene rings is 2. The normalized spacial score (nSPS) is 22.6. The minimum Gasteiger partial charge on any atom is -0.325 e. The fourth-order valence-corrected chi connectivity index (χ4v) is 2.62. The maximum Gasteiger partial charge on any atom is 0.231 e. The molecule has 1 fully saturated rings. The van der Waals surface area contributed by atoms with Crippen LogP contribution in [0.5, 0.6) is 0 Å². The van der Waals surface area contributed by atoms with Crippen LogP contribution >= 0.6 is 0 Å². The third-order valence-electron chi connectivity index (χ3n) is 3.95. The van der Waals surface area contributed by atoms with Crippen LogP contribution in [0.2, 0.25) is 0 Å². The molecule has 1 unspecified atom stereocenters. The van der Waals surface area contributed by atoms with Gasteiger partial charge in [-0.3, -0.25) is 4.79 Å². The smallest absolute Gasteiger partial charge is 0.231 e. The van der Waals surface area contributed by atoms with Crippen molar-refractivity contribution in [2.24, 2.45) is 5.41 Å². The molecule has 19 heavy (non-hydrogen) atoms.